The monoisotopic (exact) mass is 342 g/mol. The van der Waals surface area contributed by atoms with Gasteiger partial charge < -0.3 is 10.9 Å². The van der Waals surface area contributed by atoms with Gasteiger partial charge in [0, 0.05) is 10.9 Å². The molecule has 0 aliphatic heterocycles. The van der Waals surface area contributed by atoms with Gasteiger partial charge in [-0.2, -0.15) is 0 Å². The molecule has 100 valence electrons. The highest BCUT2D eigenvalue weighted by molar-refractivity contribution is 9.10. The van der Waals surface area contributed by atoms with E-state index in [9.17, 15) is 4.79 Å². The zero-order valence-electron chi connectivity index (χ0n) is 9.78. The molecule has 0 fully saturated rings. The first kappa shape index (κ1) is 13.9. The Labute approximate surface area is 122 Å². The average molecular weight is 343 g/mol. The van der Waals surface area contributed by atoms with Gasteiger partial charge in [-0.25, -0.2) is 4.68 Å². The van der Waals surface area contributed by atoms with Crippen LogP contribution in [-0.4, -0.2) is 31.7 Å². The lowest BCUT2D eigenvalue weighted by molar-refractivity contribution is -0.133. The molecule has 2 rings (SSSR count). The maximum atomic E-state index is 10.5. The zero-order valence-corrected chi connectivity index (χ0v) is 12.2. The Balaban J connectivity index is 2.11. The van der Waals surface area contributed by atoms with Gasteiger partial charge in [-0.1, -0.05) is 39.8 Å². The fraction of sp³-hybridized carbons (Fsp3) is 0.182. The van der Waals surface area contributed by atoms with Crippen LogP contribution in [0, 0.1) is 0 Å². The number of hydrogen-bond donors (Lipinski definition) is 2. The summed E-state index contributed by atoms with van der Waals surface area (Å²) in [4.78, 5) is 10.5. The number of nitrogens with zero attached hydrogens (tertiary/aromatic N) is 3. The fourth-order valence-electron chi connectivity index (χ4n) is 1.48. The molecule has 0 amide bonds. The number of aromatic nitrogens is 3. The van der Waals surface area contributed by atoms with Crippen molar-refractivity contribution < 1.29 is 9.90 Å². The first-order valence-electron chi connectivity index (χ1n) is 5.34. The Morgan fingerprint density at radius 2 is 2.26 bits per heavy atom. The second-order valence-electron chi connectivity index (χ2n) is 3.76. The van der Waals surface area contributed by atoms with Gasteiger partial charge in [-0.05, 0) is 17.7 Å². The van der Waals surface area contributed by atoms with Gasteiger partial charge in [-0.15, -0.1) is 10.2 Å². The summed E-state index contributed by atoms with van der Waals surface area (Å²) in [5, 5.41) is 16.9. The van der Waals surface area contributed by atoms with Crippen LogP contribution < -0.4 is 5.84 Å². The molecule has 3 N–H and O–H groups in total. The van der Waals surface area contributed by atoms with E-state index in [1.165, 1.54) is 4.68 Å². The maximum absolute atomic E-state index is 10.5. The summed E-state index contributed by atoms with van der Waals surface area (Å²) in [5.74, 6) is 5.42. The van der Waals surface area contributed by atoms with Crippen molar-refractivity contribution in [2.45, 2.75) is 11.6 Å². The molecule has 0 atom stereocenters. The third-order valence-electron chi connectivity index (χ3n) is 2.31. The molecule has 6 nitrogen and oxygen atoms in total. The van der Waals surface area contributed by atoms with Crippen LogP contribution in [0.4, 0.5) is 0 Å². The summed E-state index contributed by atoms with van der Waals surface area (Å²) >= 11 is 4.44. The summed E-state index contributed by atoms with van der Waals surface area (Å²) in [6.07, 6.45) is 0.538. The summed E-state index contributed by atoms with van der Waals surface area (Å²) < 4.78 is 2.31. The first-order chi connectivity index (χ1) is 9.06. The SMILES string of the molecule is Nn1c(Cc2cccc(Br)c2)nnc1SCC(=O)O. The highest BCUT2D eigenvalue weighted by atomic mass is 79.9. The third kappa shape index (κ3) is 3.71. The lowest BCUT2D eigenvalue weighted by Gasteiger charge is -2.03. The van der Waals surface area contributed by atoms with Crippen LogP contribution in [0.1, 0.15) is 11.4 Å². The van der Waals surface area contributed by atoms with Crippen molar-refractivity contribution >= 4 is 33.7 Å². The summed E-state index contributed by atoms with van der Waals surface area (Å²) in [6.45, 7) is 0. The Bertz CT molecular complexity index is 602. The van der Waals surface area contributed by atoms with E-state index < -0.39 is 5.97 Å². The van der Waals surface area contributed by atoms with Gasteiger partial charge in [0.05, 0.1) is 5.75 Å². The normalized spacial score (nSPS) is 10.6. The van der Waals surface area contributed by atoms with E-state index in [1.807, 2.05) is 24.3 Å². The van der Waals surface area contributed by atoms with E-state index in [0.717, 1.165) is 21.8 Å². The molecular formula is C11H11BrN4O2S. The Kier molecular flexibility index (Phi) is 4.43. The summed E-state index contributed by atoms with van der Waals surface area (Å²) in [7, 11) is 0. The number of hydrogen-bond acceptors (Lipinski definition) is 5. The Morgan fingerprint density at radius 1 is 1.47 bits per heavy atom. The van der Waals surface area contributed by atoms with Crippen molar-refractivity contribution in [2.24, 2.45) is 0 Å². The quantitative estimate of drug-likeness (QED) is 0.632. The van der Waals surface area contributed by atoms with Crippen molar-refractivity contribution in [1.29, 1.82) is 0 Å². The maximum Gasteiger partial charge on any atom is 0.313 e. The molecule has 2 aromatic rings. The molecule has 19 heavy (non-hydrogen) atoms. The number of nitrogens with two attached hydrogens (primary N) is 1. The van der Waals surface area contributed by atoms with Crippen LogP contribution in [0.2, 0.25) is 0 Å². The van der Waals surface area contributed by atoms with Crippen LogP contribution in [0.15, 0.2) is 33.9 Å². The van der Waals surface area contributed by atoms with Crippen LogP contribution in [-0.2, 0) is 11.2 Å². The third-order valence-corrected chi connectivity index (χ3v) is 3.73. The lowest BCUT2D eigenvalue weighted by atomic mass is 10.1. The van der Waals surface area contributed by atoms with E-state index in [4.69, 9.17) is 10.9 Å². The minimum absolute atomic E-state index is 0.0911. The summed E-state index contributed by atoms with van der Waals surface area (Å²) in [6, 6.07) is 7.80. The number of aliphatic carboxylic acids is 1. The number of rotatable bonds is 5. The molecule has 0 aliphatic carbocycles. The zero-order chi connectivity index (χ0) is 13.8. The topological polar surface area (TPSA) is 94.0 Å². The molecule has 0 saturated heterocycles. The molecule has 0 unspecified atom stereocenters. The van der Waals surface area contributed by atoms with E-state index in [2.05, 4.69) is 26.1 Å². The molecule has 0 saturated carbocycles. The number of benzene rings is 1. The smallest absolute Gasteiger partial charge is 0.313 e. The molecule has 8 heteroatoms. The standard InChI is InChI=1S/C11H11BrN4O2S/c12-8-3-1-2-7(4-8)5-9-14-15-11(16(9)13)19-6-10(17)18/h1-4H,5-6,13H2,(H,17,18). The molecule has 1 aromatic heterocycles. The molecular weight excluding hydrogens is 332 g/mol. The van der Waals surface area contributed by atoms with Gasteiger partial charge in [-0.3, -0.25) is 4.79 Å². The van der Waals surface area contributed by atoms with Crippen molar-refractivity contribution in [3.05, 3.63) is 40.1 Å². The second kappa shape index (κ2) is 6.07. The van der Waals surface area contributed by atoms with Gasteiger partial charge in [0.25, 0.3) is 0 Å². The van der Waals surface area contributed by atoms with Gasteiger partial charge >= 0.3 is 5.97 Å². The number of carboxylic acids is 1. The summed E-state index contributed by atoms with van der Waals surface area (Å²) in [5.41, 5.74) is 1.04. The molecule has 1 heterocycles. The van der Waals surface area contributed by atoms with Crippen molar-refractivity contribution in [3.8, 4) is 0 Å². The van der Waals surface area contributed by atoms with Crippen LogP contribution in [0.5, 0.6) is 0 Å². The van der Waals surface area contributed by atoms with Gasteiger partial charge in [0.1, 0.15) is 0 Å². The molecule has 0 spiro atoms. The number of thioether (sulfide) groups is 1. The Morgan fingerprint density at radius 3 is 2.95 bits per heavy atom. The van der Waals surface area contributed by atoms with Crippen LogP contribution in [0.25, 0.3) is 0 Å². The van der Waals surface area contributed by atoms with Crippen molar-refractivity contribution in [3.63, 3.8) is 0 Å². The largest absolute Gasteiger partial charge is 0.481 e. The molecule has 0 radical (unpaired) electrons. The first-order valence-corrected chi connectivity index (χ1v) is 7.12. The van der Waals surface area contributed by atoms with E-state index in [0.29, 0.717) is 17.4 Å². The minimum atomic E-state index is -0.915. The number of halogens is 1. The number of carbonyl (C=O) groups is 1. The van der Waals surface area contributed by atoms with E-state index >= 15 is 0 Å². The Hall–Kier alpha value is -1.54. The highest BCUT2D eigenvalue weighted by Crippen LogP contribution is 2.17. The van der Waals surface area contributed by atoms with Crippen molar-refractivity contribution in [2.75, 3.05) is 11.6 Å². The van der Waals surface area contributed by atoms with Crippen molar-refractivity contribution in [1.82, 2.24) is 14.9 Å². The average Bonchev–Trinajstić information content (AvgIpc) is 2.68. The second-order valence-corrected chi connectivity index (χ2v) is 5.62. The highest BCUT2D eigenvalue weighted by Gasteiger charge is 2.12. The van der Waals surface area contributed by atoms with Crippen LogP contribution >= 0.6 is 27.7 Å². The number of carboxylic acid groups (broad SMARTS) is 1. The predicted octanol–water partition coefficient (Wildman–Crippen LogP) is 1.52. The molecule has 0 bridgehead atoms. The van der Waals surface area contributed by atoms with E-state index in [1.54, 1.807) is 0 Å². The molecule has 1 aromatic carbocycles. The lowest BCUT2D eigenvalue weighted by Crippen LogP contribution is -2.15. The fourth-order valence-corrected chi connectivity index (χ4v) is 2.52. The predicted molar refractivity (Wildman–Crippen MR) is 75.5 cm³/mol. The minimum Gasteiger partial charge on any atom is -0.481 e. The van der Waals surface area contributed by atoms with Gasteiger partial charge in [0.15, 0.2) is 5.82 Å². The van der Waals surface area contributed by atoms with Gasteiger partial charge in [0.2, 0.25) is 5.16 Å². The van der Waals surface area contributed by atoms with E-state index in [-0.39, 0.29) is 5.75 Å². The molecule has 0 aliphatic rings. The van der Waals surface area contributed by atoms with Crippen LogP contribution in [0.3, 0.4) is 0 Å². The number of nitrogen functional groups attached to an aromatic ring is 1.